The molecule has 2 nitrogen and oxygen atoms in total. The van der Waals surface area contributed by atoms with Crippen LogP contribution in [0.25, 0.3) is 11.6 Å². The molecule has 2 aromatic rings. The summed E-state index contributed by atoms with van der Waals surface area (Å²) in [5.74, 6) is -0.892. The Morgan fingerprint density at radius 2 is 2.06 bits per heavy atom. The number of carbonyl (C=O) groups is 1. The van der Waals surface area contributed by atoms with E-state index in [-0.39, 0.29) is 0 Å². The number of aliphatic carboxylic acids is 1. The molecule has 1 N–H and O–H groups in total. The zero-order valence-corrected chi connectivity index (χ0v) is 11.1. The molecule has 0 atom stereocenters. The molecule has 0 fully saturated rings. The smallest absolute Gasteiger partial charge is 0.336 e. The molecule has 2 rings (SSSR count). The van der Waals surface area contributed by atoms with Gasteiger partial charge in [-0.15, -0.1) is 11.3 Å². The average molecular weight is 258 g/mol. The Bertz CT molecular complexity index is 595. The molecule has 1 heterocycles. The van der Waals surface area contributed by atoms with Gasteiger partial charge in [0.15, 0.2) is 0 Å². The van der Waals surface area contributed by atoms with Crippen molar-refractivity contribution in [2.45, 2.75) is 13.8 Å². The lowest BCUT2D eigenvalue weighted by molar-refractivity contribution is -0.130. The standard InChI is InChI=1S/C15H14O2S/c1-10-5-6-11(2)13(8-10)14(15(16)17)9-12-4-3-7-18-12/h3-9H,1-2H3,(H,16,17)/b14-9-. The van der Waals surface area contributed by atoms with Crippen molar-refractivity contribution in [3.63, 3.8) is 0 Å². The van der Waals surface area contributed by atoms with Gasteiger partial charge in [-0.25, -0.2) is 4.79 Å². The summed E-state index contributed by atoms with van der Waals surface area (Å²) in [5.41, 5.74) is 3.18. The zero-order valence-electron chi connectivity index (χ0n) is 10.3. The molecule has 18 heavy (non-hydrogen) atoms. The van der Waals surface area contributed by atoms with Gasteiger partial charge in [-0.3, -0.25) is 0 Å². The molecule has 0 radical (unpaired) electrons. The fourth-order valence-electron chi connectivity index (χ4n) is 1.80. The maximum Gasteiger partial charge on any atom is 0.336 e. The summed E-state index contributed by atoms with van der Waals surface area (Å²) in [4.78, 5) is 12.4. The highest BCUT2D eigenvalue weighted by Crippen LogP contribution is 2.24. The van der Waals surface area contributed by atoms with E-state index in [0.717, 1.165) is 21.6 Å². The highest BCUT2D eigenvalue weighted by Gasteiger charge is 2.13. The van der Waals surface area contributed by atoms with Crippen molar-refractivity contribution < 1.29 is 9.90 Å². The van der Waals surface area contributed by atoms with E-state index in [9.17, 15) is 9.90 Å². The maximum absolute atomic E-state index is 11.4. The number of hydrogen-bond acceptors (Lipinski definition) is 2. The molecular weight excluding hydrogens is 244 g/mol. The number of hydrogen-bond donors (Lipinski definition) is 1. The van der Waals surface area contributed by atoms with Crippen molar-refractivity contribution in [1.29, 1.82) is 0 Å². The molecule has 0 saturated carbocycles. The third kappa shape index (κ3) is 2.68. The first-order valence-electron chi connectivity index (χ1n) is 5.64. The highest BCUT2D eigenvalue weighted by molar-refractivity contribution is 7.10. The van der Waals surface area contributed by atoms with Crippen molar-refractivity contribution in [2.24, 2.45) is 0 Å². The second kappa shape index (κ2) is 5.19. The van der Waals surface area contributed by atoms with E-state index in [1.807, 2.05) is 49.6 Å². The third-order valence-corrected chi connectivity index (χ3v) is 3.56. The van der Waals surface area contributed by atoms with E-state index in [4.69, 9.17) is 0 Å². The van der Waals surface area contributed by atoms with Gasteiger partial charge in [-0.2, -0.15) is 0 Å². The van der Waals surface area contributed by atoms with Gasteiger partial charge in [0, 0.05) is 4.88 Å². The van der Waals surface area contributed by atoms with Crippen molar-refractivity contribution >= 4 is 29.0 Å². The molecule has 0 spiro atoms. The molecular formula is C15H14O2S. The lowest BCUT2D eigenvalue weighted by atomic mass is 9.98. The minimum Gasteiger partial charge on any atom is -0.478 e. The molecule has 0 amide bonds. The van der Waals surface area contributed by atoms with Crippen LogP contribution in [0.1, 0.15) is 21.6 Å². The first kappa shape index (κ1) is 12.6. The summed E-state index contributed by atoms with van der Waals surface area (Å²) in [6.45, 7) is 3.90. The van der Waals surface area contributed by atoms with E-state index >= 15 is 0 Å². The number of carboxylic acids is 1. The fourth-order valence-corrected chi connectivity index (χ4v) is 2.45. The van der Waals surface area contributed by atoms with Gasteiger partial charge < -0.3 is 5.11 Å². The van der Waals surface area contributed by atoms with E-state index in [1.165, 1.54) is 11.3 Å². The summed E-state index contributed by atoms with van der Waals surface area (Å²) >= 11 is 1.53. The number of rotatable bonds is 3. The Morgan fingerprint density at radius 1 is 1.28 bits per heavy atom. The first-order chi connectivity index (χ1) is 8.58. The van der Waals surface area contributed by atoms with Gasteiger partial charge in [0.1, 0.15) is 0 Å². The molecule has 0 aliphatic carbocycles. The van der Waals surface area contributed by atoms with Crippen LogP contribution in [0.15, 0.2) is 35.7 Å². The van der Waals surface area contributed by atoms with Crippen LogP contribution in [-0.4, -0.2) is 11.1 Å². The molecule has 0 bridgehead atoms. The third-order valence-electron chi connectivity index (χ3n) is 2.74. The molecule has 3 heteroatoms. The first-order valence-corrected chi connectivity index (χ1v) is 6.52. The number of benzene rings is 1. The molecule has 92 valence electrons. The van der Waals surface area contributed by atoms with E-state index in [0.29, 0.717) is 5.57 Å². The van der Waals surface area contributed by atoms with Crippen LogP contribution in [-0.2, 0) is 4.79 Å². The minimum atomic E-state index is -0.892. The Hall–Kier alpha value is -1.87. The van der Waals surface area contributed by atoms with Crippen molar-refractivity contribution in [3.8, 4) is 0 Å². The zero-order chi connectivity index (χ0) is 13.1. The van der Waals surface area contributed by atoms with Crippen LogP contribution < -0.4 is 0 Å². The lowest BCUT2D eigenvalue weighted by Crippen LogP contribution is -2.01. The normalized spacial score (nSPS) is 11.6. The van der Waals surface area contributed by atoms with Crippen LogP contribution in [0.5, 0.6) is 0 Å². The minimum absolute atomic E-state index is 0.346. The van der Waals surface area contributed by atoms with E-state index in [2.05, 4.69) is 0 Å². The predicted octanol–water partition coefficient (Wildman–Crippen LogP) is 3.99. The molecule has 0 saturated heterocycles. The van der Waals surface area contributed by atoms with Crippen molar-refractivity contribution in [3.05, 3.63) is 57.3 Å². The second-order valence-corrected chi connectivity index (χ2v) is 5.18. The summed E-state index contributed by atoms with van der Waals surface area (Å²) in [6.07, 6.45) is 1.73. The lowest BCUT2D eigenvalue weighted by Gasteiger charge is -2.07. The van der Waals surface area contributed by atoms with Crippen LogP contribution in [0, 0.1) is 13.8 Å². The van der Waals surface area contributed by atoms with Gasteiger partial charge in [0.2, 0.25) is 0 Å². The van der Waals surface area contributed by atoms with E-state index in [1.54, 1.807) is 6.08 Å². The Morgan fingerprint density at radius 3 is 2.67 bits per heavy atom. The SMILES string of the molecule is Cc1ccc(C)c(/C(=C/c2cccs2)C(=O)O)c1. The van der Waals surface area contributed by atoms with Crippen LogP contribution >= 0.6 is 11.3 Å². The van der Waals surface area contributed by atoms with Gasteiger partial charge in [0.05, 0.1) is 5.57 Å². The van der Waals surface area contributed by atoms with Crippen LogP contribution in [0.4, 0.5) is 0 Å². The number of thiophene rings is 1. The monoisotopic (exact) mass is 258 g/mol. The molecule has 1 aromatic heterocycles. The molecule has 0 aliphatic rings. The molecule has 0 aliphatic heterocycles. The molecule has 1 aromatic carbocycles. The van der Waals surface area contributed by atoms with E-state index < -0.39 is 5.97 Å². The summed E-state index contributed by atoms with van der Waals surface area (Å²) in [6, 6.07) is 9.69. The largest absolute Gasteiger partial charge is 0.478 e. The Labute approximate surface area is 110 Å². The fraction of sp³-hybridized carbons (Fsp3) is 0.133. The summed E-state index contributed by atoms with van der Waals surface area (Å²) < 4.78 is 0. The molecule has 0 unspecified atom stereocenters. The topological polar surface area (TPSA) is 37.3 Å². The Kier molecular flexibility index (Phi) is 3.63. The maximum atomic E-state index is 11.4. The second-order valence-electron chi connectivity index (χ2n) is 4.20. The quantitative estimate of drug-likeness (QED) is 0.845. The van der Waals surface area contributed by atoms with Crippen LogP contribution in [0.3, 0.4) is 0 Å². The average Bonchev–Trinajstić information content (AvgIpc) is 2.82. The van der Waals surface area contributed by atoms with Crippen molar-refractivity contribution in [2.75, 3.05) is 0 Å². The van der Waals surface area contributed by atoms with Crippen molar-refractivity contribution in [1.82, 2.24) is 0 Å². The number of aryl methyl sites for hydroxylation is 2. The Balaban J connectivity index is 2.55. The summed E-state index contributed by atoms with van der Waals surface area (Å²) in [7, 11) is 0. The summed E-state index contributed by atoms with van der Waals surface area (Å²) in [5, 5.41) is 11.3. The predicted molar refractivity (Wildman–Crippen MR) is 75.7 cm³/mol. The van der Waals surface area contributed by atoms with Gasteiger partial charge in [0.25, 0.3) is 0 Å². The number of carboxylic acid groups (broad SMARTS) is 1. The van der Waals surface area contributed by atoms with Gasteiger partial charge in [-0.1, -0.05) is 29.8 Å². The van der Waals surface area contributed by atoms with Crippen LogP contribution in [0.2, 0.25) is 0 Å². The van der Waals surface area contributed by atoms with Gasteiger partial charge >= 0.3 is 5.97 Å². The highest BCUT2D eigenvalue weighted by atomic mass is 32.1. The van der Waals surface area contributed by atoms with Gasteiger partial charge in [-0.05, 0) is 42.5 Å².